The van der Waals surface area contributed by atoms with Gasteiger partial charge in [-0.15, -0.1) is 0 Å². The van der Waals surface area contributed by atoms with Gasteiger partial charge in [0, 0.05) is 16.4 Å². The van der Waals surface area contributed by atoms with Crippen LogP contribution < -0.4 is 10.6 Å². The Morgan fingerprint density at radius 2 is 1.95 bits per heavy atom. The Balaban J connectivity index is 2.38. The van der Waals surface area contributed by atoms with Crippen LogP contribution in [0.15, 0.2) is 29.1 Å². The monoisotopic (exact) mass is 296 g/mol. The average Bonchev–Trinajstić information content (AvgIpc) is 2.66. The maximum absolute atomic E-state index is 12.0. The molecule has 0 radical (unpaired) electrons. The highest BCUT2D eigenvalue weighted by molar-refractivity contribution is 7.09. The highest BCUT2D eigenvalue weighted by Crippen LogP contribution is 2.26. The molecule has 2 aromatic rings. The van der Waals surface area contributed by atoms with Crippen molar-refractivity contribution in [2.24, 2.45) is 5.73 Å². The van der Waals surface area contributed by atoms with Gasteiger partial charge >= 0.3 is 4.87 Å². The van der Waals surface area contributed by atoms with Gasteiger partial charge in [-0.2, -0.15) is 0 Å². The van der Waals surface area contributed by atoms with Gasteiger partial charge in [-0.05, 0) is 44.0 Å². The molecule has 0 atom stereocenters. The largest absolute Gasteiger partial charge is 0.330 e. The number of thiazole rings is 1. The molecule has 0 saturated heterocycles. The predicted octanol–water partition coefficient (Wildman–Crippen LogP) is 3.28. The normalized spacial score (nSPS) is 10.9. The Morgan fingerprint density at radius 3 is 2.58 bits per heavy atom. The van der Waals surface area contributed by atoms with E-state index in [4.69, 9.17) is 17.3 Å². The maximum atomic E-state index is 12.0. The number of unbranched alkanes of at least 4 members (excludes halogenated alkanes) is 1. The van der Waals surface area contributed by atoms with Crippen molar-refractivity contribution >= 4 is 22.9 Å². The summed E-state index contributed by atoms with van der Waals surface area (Å²) in [5.41, 5.74) is 7.54. The lowest BCUT2D eigenvalue weighted by atomic mass is 10.1. The van der Waals surface area contributed by atoms with Crippen molar-refractivity contribution in [1.82, 2.24) is 4.57 Å². The first-order valence-electron chi connectivity index (χ1n) is 6.29. The molecule has 1 aromatic heterocycles. The Bertz CT molecular complexity index is 601. The molecule has 3 nitrogen and oxygen atoms in total. The van der Waals surface area contributed by atoms with Gasteiger partial charge in [0.25, 0.3) is 0 Å². The first-order valence-corrected chi connectivity index (χ1v) is 7.49. The molecule has 0 saturated carbocycles. The van der Waals surface area contributed by atoms with E-state index in [1.807, 2.05) is 35.8 Å². The number of rotatable bonds is 5. The molecule has 102 valence electrons. The van der Waals surface area contributed by atoms with Gasteiger partial charge in [-0.1, -0.05) is 35.1 Å². The fourth-order valence-corrected chi connectivity index (χ4v) is 3.11. The summed E-state index contributed by atoms with van der Waals surface area (Å²) < 4.78 is 1.85. The minimum Gasteiger partial charge on any atom is -0.330 e. The van der Waals surface area contributed by atoms with E-state index in [-0.39, 0.29) is 4.87 Å². The highest BCUT2D eigenvalue weighted by atomic mass is 35.5. The van der Waals surface area contributed by atoms with Crippen molar-refractivity contribution in [2.75, 3.05) is 6.54 Å². The van der Waals surface area contributed by atoms with Gasteiger partial charge in [0.15, 0.2) is 0 Å². The Labute approximate surface area is 121 Å². The number of nitrogens with zero attached hydrogens (tertiary/aromatic N) is 1. The zero-order chi connectivity index (χ0) is 13.8. The molecule has 1 heterocycles. The molecule has 5 heteroatoms. The zero-order valence-corrected chi connectivity index (χ0v) is 12.4. The van der Waals surface area contributed by atoms with Crippen molar-refractivity contribution in [2.45, 2.75) is 26.3 Å². The van der Waals surface area contributed by atoms with E-state index < -0.39 is 0 Å². The number of hydrogen-bond donors (Lipinski definition) is 1. The number of benzene rings is 1. The van der Waals surface area contributed by atoms with Gasteiger partial charge in [-0.3, -0.25) is 9.36 Å². The molecule has 2 N–H and O–H groups in total. The Morgan fingerprint density at radius 1 is 1.26 bits per heavy atom. The fraction of sp³-hybridized carbons (Fsp3) is 0.357. The molecule has 2 rings (SSSR count). The first-order chi connectivity index (χ1) is 9.13. The Kier molecular flexibility index (Phi) is 4.80. The summed E-state index contributed by atoms with van der Waals surface area (Å²) in [7, 11) is 0. The van der Waals surface area contributed by atoms with Crippen molar-refractivity contribution in [3.63, 3.8) is 0 Å². The number of aryl methyl sites for hydroxylation is 1. The number of nitrogens with two attached hydrogens (primary N) is 1. The third-order valence-electron chi connectivity index (χ3n) is 3.02. The topological polar surface area (TPSA) is 48.0 Å². The van der Waals surface area contributed by atoms with Crippen LogP contribution >= 0.6 is 22.9 Å². The highest BCUT2D eigenvalue weighted by Gasteiger charge is 2.13. The van der Waals surface area contributed by atoms with E-state index in [1.165, 1.54) is 11.3 Å². The second-order valence-electron chi connectivity index (χ2n) is 4.43. The van der Waals surface area contributed by atoms with Gasteiger partial charge in [0.1, 0.15) is 0 Å². The third-order valence-corrected chi connectivity index (χ3v) is 4.16. The van der Waals surface area contributed by atoms with Gasteiger partial charge in [0.05, 0.1) is 5.69 Å². The number of aromatic nitrogens is 1. The predicted molar refractivity (Wildman–Crippen MR) is 82.1 cm³/mol. The molecule has 0 aliphatic carbocycles. The lowest BCUT2D eigenvalue weighted by molar-refractivity contribution is 0.612. The second kappa shape index (κ2) is 6.37. The van der Waals surface area contributed by atoms with E-state index in [0.29, 0.717) is 11.6 Å². The van der Waals surface area contributed by atoms with E-state index in [0.717, 1.165) is 35.5 Å². The van der Waals surface area contributed by atoms with Crippen LogP contribution in [0.5, 0.6) is 0 Å². The van der Waals surface area contributed by atoms with Gasteiger partial charge in [-0.25, -0.2) is 0 Å². The molecular weight excluding hydrogens is 280 g/mol. The smallest absolute Gasteiger partial charge is 0.307 e. The molecule has 0 unspecified atom stereocenters. The van der Waals surface area contributed by atoms with Crippen LogP contribution in [0, 0.1) is 6.92 Å². The van der Waals surface area contributed by atoms with Crippen molar-refractivity contribution < 1.29 is 0 Å². The summed E-state index contributed by atoms with van der Waals surface area (Å²) in [6.07, 6.45) is 1.86. The van der Waals surface area contributed by atoms with E-state index in [9.17, 15) is 4.79 Å². The standard InChI is InChI=1S/C14H17ClN2OS/c1-10-13(11-4-6-12(15)7-5-11)17(14(18)19-10)9-3-2-8-16/h4-7H,2-3,8-9,16H2,1H3. The fourth-order valence-electron chi connectivity index (χ4n) is 2.10. The summed E-state index contributed by atoms with van der Waals surface area (Å²) in [4.78, 5) is 13.2. The number of hydrogen-bond acceptors (Lipinski definition) is 3. The molecule has 0 aliphatic heterocycles. The van der Waals surface area contributed by atoms with Crippen LogP contribution in [0.1, 0.15) is 17.7 Å². The summed E-state index contributed by atoms with van der Waals surface area (Å²) in [6.45, 7) is 3.36. The lowest BCUT2D eigenvalue weighted by Gasteiger charge is -2.09. The minimum atomic E-state index is 0.0967. The first kappa shape index (κ1) is 14.3. The molecule has 1 aromatic carbocycles. The number of halogens is 1. The summed E-state index contributed by atoms with van der Waals surface area (Å²) in [5, 5.41) is 0.702. The van der Waals surface area contributed by atoms with Crippen LogP contribution in [0.25, 0.3) is 11.3 Å². The molecule has 0 bridgehead atoms. The van der Waals surface area contributed by atoms with Crippen LogP contribution in [-0.2, 0) is 6.54 Å². The minimum absolute atomic E-state index is 0.0967. The SMILES string of the molecule is Cc1sc(=O)n(CCCCN)c1-c1ccc(Cl)cc1. The van der Waals surface area contributed by atoms with Gasteiger partial charge in [0.2, 0.25) is 0 Å². The van der Waals surface area contributed by atoms with Crippen LogP contribution in [0.2, 0.25) is 5.02 Å². The van der Waals surface area contributed by atoms with E-state index in [1.54, 1.807) is 0 Å². The quantitative estimate of drug-likeness (QED) is 0.861. The summed E-state index contributed by atoms with van der Waals surface area (Å²) in [6, 6.07) is 7.61. The van der Waals surface area contributed by atoms with Crippen LogP contribution in [0.4, 0.5) is 0 Å². The van der Waals surface area contributed by atoms with Crippen molar-refractivity contribution in [1.29, 1.82) is 0 Å². The van der Waals surface area contributed by atoms with Crippen molar-refractivity contribution in [3.05, 3.63) is 43.8 Å². The molecular formula is C14H17ClN2OS. The maximum Gasteiger partial charge on any atom is 0.307 e. The lowest BCUT2D eigenvalue weighted by Crippen LogP contribution is -2.15. The van der Waals surface area contributed by atoms with Crippen LogP contribution in [0.3, 0.4) is 0 Å². The molecule has 0 aliphatic rings. The summed E-state index contributed by atoms with van der Waals surface area (Å²) in [5.74, 6) is 0. The van der Waals surface area contributed by atoms with E-state index >= 15 is 0 Å². The van der Waals surface area contributed by atoms with Crippen molar-refractivity contribution in [3.8, 4) is 11.3 Å². The molecule has 0 fully saturated rings. The molecule has 0 spiro atoms. The average molecular weight is 297 g/mol. The summed E-state index contributed by atoms with van der Waals surface area (Å²) >= 11 is 7.20. The van der Waals surface area contributed by atoms with E-state index in [2.05, 4.69) is 0 Å². The Hall–Kier alpha value is -1.10. The third kappa shape index (κ3) is 3.26. The zero-order valence-electron chi connectivity index (χ0n) is 10.9. The molecule has 0 amide bonds. The van der Waals surface area contributed by atoms with Gasteiger partial charge < -0.3 is 5.73 Å². The molecule has 19 heavy (non-hydrogen) atoms. The second-order valence-corrected chi connectivity index (χ2v) is 6.03. The van der Waals surface area contributed by atoms with Crippen LogP contribution in [-0.4, -0.2) is 11.1 Å².